The Bertz CT molecular complexity index is 230. The van der Waals surface area contributed by atoms with Crippen LogP contribution >= 0.6 is 0 Å². The molecule has 1 rings (SSSR count). The molecule has 0 heterocycles. The van der Waals surface area contributed by atoms with Gasteiger partial charge in [0.05, 0.1) is 0 Å². The summed E-state index contributed by atoms with van der Waals surface area (Å²) in [4.78, 5) is 3.83. The van der Waals surface area contributed by atoms with Crippen LogP contribution in [0.3, 0.4) is 0 Å². The molecule has 1 fully saturated rings. The van der Waals surface area contributed by atoms with Crippen LogP contribution in [0.25, 0.3) is 0 Å². The van der Waals surface area contributed by atoms with Gasteiger partial charge >= 0.3 is 8.72 Å². The van der Waals surface area contributed by atoms with Crippen LogP contribution in [0.1, 0.15) is 66.2 Å². The second-order valence-electron chi connectivity index (χ2n) is 5.82. The largest absolute Gasteiger partial charge is 0.424 e. The summed E-state index contributed by atoms with van der Waals surface area (Å²) in [6.45, 7) is 10.5. The SMILES string of the molecule is CCCO[Si](CC)(NC1CCCCC1C)OCCC. The molecule has 2 unspecified atom stereocenters. The molecule has 3 nitrogen and oxygen atoms in total. The van der Waals surface area contributed by atoms with Gasteiger partial charge in [-0.05, 0) is 31.6 Å². The molecule has 0 aromatic rings. The molecule has 1 N–H and O–H groups in total. The summed E-state index contributed by atoms with van der Waals surface area (Å²) >= 11 is 0. The van der Waals surface area contributed by atoms with E-state index in [2.05, 4.69) is 32.7 Å². The van der Waals surface area contributed by atoms with Gasteiger partial charge in [-0.15, -0.1) is 0 Å². The highest BCUT2D eigenvalue weighted by Gasteiger charge is 2.40. The molecule has 0 aliphatic heterocycles. The monoisotopic (exact) mass is 287 g/mol. The van der Waals surface area contributed by atoms with E-state index in [0.29, 0.717) is 6.04 Å². The number of rotatable bonds is 9. The first-order valence-corrected chi connectivity index (χ1v) is 10.2. The molecule has 0 saturated heterocycles. The van der Waals surface area contributed by atoms with Gasteiger partial charge in [-0.3, -0.25) is 4.98 Å². The van der Waals surface area contributed by atoms with Crippen LogP contribution in [0.5, 0.6) is 0 Å². The van der Waals surface area contributed by atoms with Crippen molar-refractivity contribution in [2.75, 3.05) is 13.2 Å². The maximum atomic E-state index is 6.19. The van der Waals surface area contributed by atoms with Crippen molar-refractivity contribution in [1.82, 2.24) is 4.98 Å². The van der Waals surface area contributed by atoms with Crippen LogP contribution in [0.2, 0.25) is 6.04 Å². The van der Waals surface area contributed by atoms with E-state index in [0.717, 1.165) is 38.0 Å². The fourth-order valence-corrected chi connectivity index (χ4v) is 5.70. The minimum absolute atomic E-state index is 0.592. The van der Waals surface area contributed by atoms with Gasteiger partial charge < -0.3 is 8.85 Å². The Balaban J connectivity index is 2.63. The van der Waals surface area contributed by atoms with Crippen molar-refractivity contribution >= 4 is 8.72 Å². The van der Waals surface area contributed by atoms with E-state index in [9.17, 15) is 0 Å². The first kappa shape index (κ1) is 17.1. The maximum absolute atomic E-state index is 6.19. The summed E-state index contributed by atoms with van der Waals surface area (Å²) in [6.07, 6.45) is 7.47. The van der Waals surface area contributed by atoms with E-state index in [1.807, 2.05) is 0 Å². The zero-order valence-corrected chi connectivity index (χ0v) is 14.3. The Labute approximate surface area is 120 Å². The van der Waals surface area contributed by atoms with Crippen molar-refractivity contribution in [1.29, 1.82) is 0 Å². The van der Waals surface area contributed by atoms with E-state index in [1.165, 1.54) is 25.7 Å². The van der Waals surface area contributed by atoms with E-state index in [1.54, 1.807) is 0 Å². The molecular weight excluding hydrogens is 254 g/mol. The standard InChI is InChI=1S/C15H33NO2Si/c1-5-12-17-19(7-3,18-13-6-2)16-15-11-9-8-10-14(15)4/h14-16H,5-13H2,1-4H3. The van der Waals surface area contributed by atoms with E-state index in [-0.39, 0.29) is 0 Å². The Kier molecular flexibility index (Phi) is 8.22. The lowest BCUT2D eigenvalue weighted by Crippen LogP contribution is -2.61. The lowest BCUT2D eigenvalue weighted by atomic mass is 9.87. The molecule has 114 valence electrons. The highest BCUT2D eigenvalue weighted by atomic mass is 28.4. The highest BCUT2D eigenvalue weighted by Crippen LogP contribution is 2.26. The predicted molar refractivity (Wildman–Crippen MR) is 83.3 cm³/mol. The first-order chi connectivity index (χ1) is 9.17. The minimum atomic E-state index is -2.19. The molecule has 19 heavy (non-hydrogen) atoms. The molecule has 0 radical (unpaired) electrons. The summed E-state index contributed by atoms with van der Waals surface area (Å²) in [7, 11) is -2.19. The van der Waals surface area contributed by atoms with Crippen LogP contribution in [0.15, 0.2) is 0 Å². The maximum Gasteiger partial charge on any atom is 0.424 e. The molecule has 0 bridgehead atoms. The van der Waals surface area contributed by atoms with Crippen molar-refractivity contribution < 1.29 is 8.85 Å². The summed E-state index contributed by atoms with van der Waals surface area (Å²) in [5.74, 6) is 0.752. The fourth-order valence-electron chi connectivity index (χ4n) is 2.78. The number of hydrogen-bond acceptors (Lipinski definition) is 3. The summed E-state index contributed by atoms with van der Waals surface area (Å²) in [6, 6.07) is 1.59. The predicted octanol–water partition coefficient (Wildman–Crippen LogP) is 3.97. The van der Waals surface area contributed by atoms with Crippen LogP contribution in [0, 0.1) is 5.92 Å². The molecule has 4 heteroatoms. The summed E-state index contributed by atoms with van der Waals surface area (Å²) < 4.78 is 12.4. The average molecular weight is 288 g/mol. The van der Waals surface area contributed by atoms with Crippen molar-refractivity contribution in [2.24, 2.45) is 5.92 Å². The van der Waals surface area contributed by atoms with Gasteiger partial charge in [-0.25, -0.2) is 0 Å². The van der Waals surface area contributed by atoms with Crippen molar-refractivity contribution in [3.05, 3.63) is 0 Å². The van der Waals surface area contributed by atoms with Crippen LogP contribution in [-0.4, -0.2) is 28.0 Å². The molecular formula is C15H33NO2Si. The van der Waals surface area contributed by atoms with Crippen LogP contribution in [0.4, 0.5) is 0 Å². The first-order valence-electron chi connectivity index (χ1n) is 8.23. The third kappa shape index (κ3) is 5.54. The van der Waals surface area contributed by atoms with Gasteiger partial charge in [0.25, 0.3) is 0 Å². The molecule has 0 aromatic heterocycles. The molecule has 1 aliphatic rings. The Morgan fingerprint density at radius 1 is 1.00 bits per heavy atom. The molecule has 0 spiro atoms. The smallest absolute Gasteiger partial charge is 0.383 e. The van der Waals surface area contributed by atoms with E-state index >= 15 is 0 Å². The van der Waals surface area contributed by atoms with Gasteiger partial charge in [0.2, 0.25) is 0 Å². The van der Waals surface area contributed by atoms with E-state index in [4.69, 9.17) is 8.85 Å². The lowest BCUT2D eigenvalue weighted by molar-refractivity contribution is 0.143. The number of hydrogen-bond donors (Lipinski definition) is 1. The average Bonchev–Trinajstić information content (AvgIpc) is 2.44. The third-order valence-corrected chi connectivity index (χ3v) is 7.14. The normalized spacial score (nSPS) is 24.6. The van der Waals surface area contributed by atoms with Gasteiger partial charge in [0.15, 0.2) is 0 Å². The molecule has 2 atom stereocenters. The summed E-state index contributed by atoms with van der Waals surface area (Å²) in [5, 5.41) is 0. The highest BCUT2D eigenvalue weighted by molar-refractivity contribution is 6.64. The van der Waals surface area contributed by atoms with Crippen LogP contribution in [-0.2, 0) is 8.85 Å². The van der Waals surface area contributed by atoms with Crippen molar-refractivity contribution in [2.45, 2.75) is 78.3 Å². The topological polar surface area (TPSA) is 30.5 Å². The Morgan fingerprint density at radius 3 is 2.05 bits per heavy atom. The van der Waals surface area contributed by atoms with Gasteiger partial charge in [-0.2, -0.15) is 0 Å². The zero-order chi connectivity index (χ0) is 14.1. The van der Waals surface area contributed by atoms with Crippen LogP contribution < -0.4 is 4.98 Å². The minimum Gasteiger partial charge on any atom is -0.383 e. The van der Waals surface area contributed by atoms with Gasteiger partial charge in [0.1, 0.15) is 0 Å². The third-order valence-electron chi connectivity index (χ3n) is 4.06. The summed E-state index contributed by atoms with van der Waals surface area (Å²) in [5.41, 5.74) is 0. The van der Waals surface area contributed by atoms with Crippen molar-refractivity contribution in [3.63, 3.8) is 0 Å². The second kappa shape index (κ2) is 9.11. The number of nitrogens with one attached hydrogen (secondary N) is 1. The van der Waals surface area contributed by atoms with Crippen molar-refractivity contribution in [3.8, 4) is 0 Å². The Morgan fingerprint density at radius 2 is 1.58 bits per heavy atom. The lowest BCUT2D eigenvalue weighted by Gasteiger charge is -2.38. The Hall–Kier alpha value is 0.0969. The van der Waals surface area contributed by atoms with E-state index < -0.39 is 8.72 Å². The molecule has 1 saturated carbocycles. The zero-order valence-electron chi connectivity index (χ0n) is 13.3. The van der Waals surface area contributed by atoms with Gasteiger partial charge in [-0.1, -0.05) is 40.5 Å². The quantitative estimate of drug-likeness (QED) is 0.651. The fraction of sp³-hybridized carbons (Fsp3) is 1.00. The molecule has 0 amide bonds. The second-order valence-corrected chi connectivity index (χ2v) is 8.89. The molecule has 0 aromatic carbocycles. The van der Waals surface area contributed by atoms with Gasteiger partial charge in [0, 0.05) is 25.3 Å². The molecule has 1 aliphatic carbocycles.